The van der Waals surface area contributed by atoms with E-state index >= 15 is 4.39 Å². The summed E-state index contributed by atoms with van der Waals surface area (Å²) in [6.07, 6.45) is -4.86. The first-order valence-corrected chi connectivity index (χ1v) is 11.1. The molecule has 2 aliphatic rings. The Kier molecular flexibility index (Phi) is 6.14. The number of hydrogen-bond donors (Lipinski definition) is 2. The molecule has 176 valence electrons. The Morgan fingerprint density at radius 1 is 1.45 bits per heavy atom. The summed E-state index contributed by atoms with van der Waals surface area (Å²) in [6, 6.07) is 6.20. The second-order valence-electron chi connectivity index (χ2n) is 7.52. The van der Waals surface area contributed by atoms with Crippen LogP contribution in [0.2, 0.25) is 0 Å². The quantitative estimate of drug-likeness (QED) is 0.270. The third kappa shape index (κ3) is 4.32. The van der Waals surface area contributed by atoms with Crippen molar-refractivity contribution >= 4 is 7.82 Å². The standard InChI is InChI=1S/C18H19FN5O8P/c1-10-3-2-4-11-7-29-33(28,32-14(10)11)30-9-18(8-21-23-20)15(26)13(19)16(31-18)24-6-5-12(25)22-17(24)27/h2-6,13,15-16,26H,7-9H2,1H3,(H,22,25,27)/t13-,15+,16-,18?,33?/m1/s1. The van der Waals surface area contributed by atoms with Gasteiger partial charge in [0.2, 0.25) is 0 Å². The number of nitrogens with zero attached hydrogens (tertiary/aromatic N) is 4. The Labute approximate surface area is 184 Å². The van der Waals surface area contributed by atoms with E-state index in [4.69, 9.17) is 23.8 Å². The van der Waals surface area contributed by atoms with Gasteiger partial charge >= 0.3 is 13.5 Å². The molecular weight excluding hydrogens is 464 g/mol. The first kappa shape index (κ1) is 23.2. The van der Waals surface area contributed by atoms with Crippen molar-refractivity contribution in [3.63, 3.8) is 0 Å². The molecule has 1 aromatic heterocycles. The Balaban J connectivity index is 1.61. The molecule has 0 bridgehead atoms. The minimum atomic E-state index is -4.22. The van der Waals surface area contributed by atoms with Crippen LogP contribution in [0.4, 0.5) is 4.39 Å². The van der Waals surface area contributed by atoms with Crippen molar-refractivity contribution in [3.05, 3.63) is 72.9 Å². The van der Waals surface area contributed by atoms with Crippen molar-refractivity contribution in [3.8, 4) is 5.75 Å². The van der Waals surface area contributed by atoms with Gasteiger partial charge in [0.25, 0.3) is 5.56 Å². The van der Waals surface area contributed by atoms with Crippen LogP contribution in [0, 0.1) is 6.92 Å². The number of aryl methyl sites for hydroxylation is 1. The number of ether oxygens (including phenoxy) is 1. The van der Waals surface area contributed by atoms with E-state index in [1.165, 1.54) is 0 Å². The maximum atomic E-state index is 15.0. The van der Waals surface area contributed by atoms with E-state index in [0.717, 1.165) is 16.8 Å². The highest BCUT2D eigenvalue weighted by Crippen LogP contribution is 2.56. The molecule has 0 spiro atoms. The molecule has 3 heterocycles. The predicted octanol–water partition coefficient (Wildman–Crippen LogP) is 1.86. The number of halogens is 1. The minimum absolute atomic E-state index is 0.0812. The topological polar surface area (TPSA) is 178 Å². The highest BCUT2D eigenvalue weighted by Gasteiger charge is 2.57. The molecule has 1 fully saturated rings. The minimum Gasteiger partial charge on any atom is -0.403 e. The van der Waals surface area contributed by atoms with E-state index in [2.05, 4.69) is 10.0 Å². The zero-order valence-corrected chi connectivity index (χ0v) is 18.1. The van der Waals surface area contributed by atoms with Gasteiger partial charge in [-0.15, -0.1) is 0 Å². The van der Waals surface area contributed by atoms with Crippen LogP contribution in [0.3, 0.4) is 0 Å². The van der Waals surface area contributed by atoms with Crippen molar-refractivity contribution in [1.29, 1.82) is 0 Å². The molecule has 33 heavy (non-hydrogen) atoms. The maximum absolute atomic E-state index is 15.0. The molecule has 15 heteroatoms. The number of hydrogen-bond acceptors (Lipinski definition) is 9. The molecule has 5 atom stereocenters. The number of phosphoric acid groups is 1. The van der Waals surface area contributed by atoms with E-state index in [1.54, 1.807) is 25.1 Å². The lowest BCUT2D eigenvalue weighted by Crippen LogP contribution is -2.48. The molecule has 2 N–H and O–H groups in total. The Hall–Kier alpha value is -2.99. The highest BCUT2D eigenvalue weighted by atomic mass is 31.2. The summed E-state index contributed by atoms with van der Waals surface area (Å²) in [7, 11) is -4.22. The van der Waals surface area contributed by atoms with E-state index in [-0.39, 0.29) is 6.61 Å². The zero-order chi connectivity index (χ0) is 23.8. The average molecular weight is 483 g/mol. The van der Waals surface area contributed by atoms with E-state index < -0.39 is 56.3 Å². The number of rotatable bonds is 6. The number of H-pyrrole nitrogens is 1. The number of alkyl halides is 1. The van der Waals surface area contributed by atoms with Crippen molar-refractivity contribution in [2.24, 2.45) is 5.11 Å². The third-order valence-electron chi connectivity index (χ3n) is 5.34. The van der Waals surface area contributed by atoms with Crippen molar-refractivity contribution in [2.45, 2.75) is 37.6 Å². The first-order valence-electron chi connectivity index (χ1n) is 9.67. The molecule has 1 saturated heterocycles. The van der Waals surface area contributed by atoms with Gasteiger partial charge in [0.05, 0.1) is 19.8 Å². The van der Waals surface area contributed by atoms with Gasteiger partial charge in [-0.25, -0.2) is 13.8 Å². The molecule has 1 aromatic carbocycles. The summed E-state index contributed by atoms with van der Waals surface area (Å²) in [5.74, 6) is 0.310. The fraction of sp³-hybridized carbons (Fsp3) is 0.444. The second kappa shape index (κ2) is 8.75. The fourth-order valence-electron chi connectivity index (χ4n) is 3.60. The number of phosphoric ester groups is 1. The van der Waals surface area contributed by atoms with Crippen LogP contribution in [-0.2, 0) is 25.0 Å². The van der Waals surface area contributed by atoms with Crippen LogP contribution in [-0.4, -0.2) is 45.7 Å². The van der Waals surface area contributed by atoms with Crippen LogP contribution in [0.15, 0.2) is 45.2 Å². The Morgan fingerprint density at radius 3 is 2.97 bits per heavy atom. The van der Waals surface area contributed by atoms with Gasteiger partial charge in [0, 0.05) is 22.7 Å². The number of nitrogens with one attached hydrogen (secondary N) is 1. The molecule has 0 aliphatic carbocycles. The number of fused-ring (bicyclic) bond motifs is 1. The number of benzene rings is 1. The lowest BCUT2D eigenvalue weighted by atomic mass is 9.97. The van der Waals surface area contributed by atoms with E-state index in [1.807, 2.05) is 4.98 Å². The van der Waals surface area contributed by atoms with Crippen LogP contribution >= 0.6 is 7.82 Å². The highest BCUT2D eigenvalue weighted by molar-refractivity contribution is 7.49. The van der Waals surface area contributed by atoms with Gasteiger partial charge in [-0.1, -0.05) is 23.3 Å². The number of para-hydroxylation sites is 1. The molecule has 2 aromatic rings. The van der Waals surface area contributed by atoms with Gasteiger partial charge in [0.1, 0.15) is 17.5 Å². The summed E-state index contributed by atoms with van der Waals surface area (Å²) >= 11 is 0. The molecule has 0 saturated carbocycles. The van der Waals surface area contributed by atoms with Crippen LogP contribution in [0.25, 0.3) is 10.4 Å². The van der Waals surface area contributed by atoms with Crippen molar-refractivity contribution in [1.82, 2.24) is 9.55 Å². The molecule has 4 rings (SSSR count). The smallest absolute Gasteiger partial charge is 0.403 e. The largest absolute Gasteiger partial charge is 0.530 e. The van der Waals surface area contributed by atoms with Crippen LogP contribution in [0.1, 0.15) is 17.4 Å². The first-order chi connectivity index (χ1) is 15.7. The number of aromatic amines is 1. The van der Waals surface area contributed by atoms with Crippen molar-refractivity contribution in [2.75, 3.05) is 13.2 Å². The van der Waals surface area contributed by atoms with Gasteiger partial charge < -0.3 is 14.4 Å². The summed E-state index contributed by atoms with van der Waals surface area (Å²) in [5.41, 5.74) is 6.34. The number of aliphatic hydroxyl groups excluding tert-OH is 1. The summed E-state index contributed by atoms with van der Waals surface area (Å²) in [6.45, 7) is 0.264. The monoisotopic (exact) mass is 483 g/mol. The van der Waals surface area contributed by atoms with Crippen molar-refractivity contribution < 1.29 is 32.4 Å². The lowest BCUT2D eigenvalue weighted by molar-refractivity contribution is -0.121. The molecule has 2 aliphatic heterocycles. The van der Waals surface area contributed by atoms with E-state index in [0.29, 0.717) is 16.9 Å². The SMILES string of the molecule is Cc1cccc2c1OP(=O)(OCC1(CN=[N+]=[N-])O[C@@H](n3ccc(=O)[nH]c3=O)[C@H](F)[C@@H]1O)OC2. The predicted molar refractivity (Wildman–Crippen MR) is 109 cm³/mol. The van der Waals surface area contributed by atoms with Gasteiger partial charge in [-0.3, -0.25) is 23.4 Å². The summed E-state index contributed by atoms with van der Waals surface area (Å²) in [4.78, 5) is 27.9. The lowest BCUT2D eigenvalue weighted by Gasteiger charge is -2.32. The third-order valence-corrected chi connectivity index (χ3v) is 6.63. The summed E-state index contributed by atoms with van der Waals surface area (Å²) in [5, 5.41) is 13.9. The summed E-state index contributed by atoms with van der Waals surface area (Å²) < 4.78 is 50.5. The molecule has 0 radical (unpaired) electrons. The maximum Gasteiger partial charge on any atom is 0.530 e. The fourth-order valence-corrected chi connectivity index (χ4v) is 4.94. The molecule has 13 nitrogen and oxygen atoms in total. The normalized spacial score (nSPS) is 30.8. The number of aromatic nitrogens is 2. The van der Waals surface area contributed by atoms with Gasteiger partial charge in [-0.05, 0) is 18.0 Å². The average Bonchev–Trinajstić information content (AvgIpc) is 3.03. The van der Waals surface area contributed by atoms with Crippen LogP contribution < -0.4 is 15.8 Å². The van der Waals surface area contributed by atoms with Gasteiger partial charge in [0.15, 0.2) is 12.4 Å². The second-order valence-corrected chi connectivity index (χ2v) is 9.11. The van der Waals surface area contributed by atoms with E-state index in [9.17, 15) is 19.3 Å². The Morgan fingerprint density at radius 2 is 2.24 bits per heavy atom. The van der Waals surface area contributed by atoms with Crippen LogP contribution in [0.5, 0.6) is 5.75 Å². The molecular formula is C18H19FN5O8P. The molecule has 0 amide bonds. The molecule has 2 unspecified atom stereocenters. The zero-order valence-electron chi connectivity index (χ0n) is 17.2. The van der Waals surface area contributed by atoms with Gasteiger partial charge in [-0.2, -0.15) is 0 Å². The number of azide groups is 1. The Bertz CT molecular complexity index is 1280. The number of aliphatic hydroxyl groups is 1.